The second kappa shape index (κ2) is 3.90. The molecule has 124 valence electrons. The molecular formula is C14H20O6S2. The van der Waals surface area contributed by atoms with Gasteiger partial charge in [0.2, 0.25) is 0 Å². The standard InChI is InChI=1S/C14H20O6S2/c1-21(15,16)19-3-5-6(4-20-22(2,17)18)8-11-9-7(5)10-12(8)14(11)13(9)10/h5-14H,3-4H2,1-2H3/t5-,6-,7?,8?,9-,10+,11+,12+,13?,14?/m0/s1. The van der Waals surface area contributed by atoms with Crippen LogP contribution in [0.4, 0.5) is 0 Å². The van der Waals surface area contributed by atoms with Crippen molar-refractivity contribution in [3.63, 3.8) is 0 Å². The van der Waals surface area contributed by atoms with E-state index in [4.69, 9.17) is 8.37 Å². The number of hydrogen-bond donors (Lipinski definition) is 0. The van der Waals surface area contributed by atoms with E-state index in [9.17, 15) is 16.8 Å². The normalized spacial score (nSPS) is 56.3. The molecule has 6 aliphatic rings. The highest BCUT2D eigenvalue weighted by molar-refractivity contribution is 7.86. The molecule has 6 aliphatic carbocycles. The van der Waals surface area contributed by atoms with Crippen LogP contribution in [0, 0.1) is 59.2 Å². The van der Waals surface area contributed by atoms with Crippen molar-refractivity contribution < 1.29 is 25.2 Å². The maximum Gasteiger partial charge on any atom is 0.264 e. The van der Waals surface area contributed by atoms with Crippen molar-refractivity contribution in [2.75, 3.05) is 25.7 Å². The third-order valence-electron chi connectivity index (χ3n) is 7.38. The van der Waals surface area contributed by atoms with Crippen LogP contribution in [0.5, 0.6) is 0 Å². The average Bonchev–Trinajstić information content (AvgIpc) is 2.33. The maximum absolute atomic E-state index is 11.3. The third kappa shape index (κ3) is 1.53. The number of fused-ring (bicyclic) bond motifs is 1. The molecule has 0 aromatic rings. The fraction of sp³-hybridized carbons (Fsp3) is 1.00. The highest BCUT2D eigenvalue weighted by atomic mass is 32.2. The highest BCUT2D eigenvalue weighted by Gasteiger charge is 2.90. The lowest BCUT2D eigenvalue weighted by atomic mass is 9.09. The van der Waals surface area contributed by atoms with Gasteiger partial charge < -0.3 is 0 Å². The molecule has 0 spiro atoms. The molecule has 6 saturated carbocycles. The molecule has 0 amide bonds. The summed E-state index contributed by atoms with van der Waals surface area (Å²) in [6.07, 6.45) is 2.14. The van der Waals surface area contributed by atoms with Crippen molar-refractivity contribution in [2.45, 2.75) is 0 Å². The zero-order valence-corrected chi connectivity index (χ0v) is 14.1. The SMILES string of the molecule is CS(=O)(=O)OC[C@@H]1C2[C@H]3C4C5[C@@H]3C([C@H]5[C@H]42)[C@H]1COS(C)(=O)=O. The van der Waals surface area contributed by atoms with Crippen molar-refractivity contribution in [2.24, 2.45) is 59.2 Å². The van der Waals surface area contributed by atoms with E-state index in [1.54, 1.807) is 0 Å². The lowest BCUT2D eigenvalue weighted by Crippen LogP contribution is -2.92. The first-order chi connectivity index (χ1) is 10.2. The van der Waals surface area contributed by atoms with Crippen LogP contribution >= 0.6 is 0 Å². The number of rotatable bonds is 6. The van der Waals surface area contributed by atoms with Crippen LogP contribution in [0.15, 0.2) is 0 Å². The first-order valence-corrected chi connectivity index (χ1v) is 11.5. The minimum Gasteiger partial charge on any atom is -0.270 e. The van der Waals surface area contributed by atoms with Gasteiger partial charge in [0.15, 0.2) is 0 Å². The summed E-state index contributed by atoms with van der Waals surface area (Å²) in [6.45, 7) is 0.364. The van der Waals surface area contributed by atoms with E-state index in [2.05, 4.69) is 0 Å². The Morgan fingerprint density at radius 2 is 0.864 bits per heavy atom. The Morgan fingerprint density at radius 1 is 0.591 bits per heavy atom. The Morgan fingerprint density at radius 3 is 1.14 bits per heavy atom. The fourth-order valence-corrected chi connectivity index (χ4v) is 7.95. The summed E-state index contributed by atoms with van der Waals surface area (Å²) in [6, 6.07) is 0. The van der Waals surface area contributed by atoms with Crippen LogP contribution in [0.25, 0.3) is 0 Å². The molecule has 22 heavy (non-hydrogen) atoms. The topological polar surface area (TPSA) is 86.7 Å². The van der Waals surface area contributed by atoms with Crippen LogP contribution in [-0.4, -0.2) is 42.6 Å². The number of hydrogen-bond acceptors (Lipinski definition) is 6. The highest BCUT2D eigenvalue weighted by Crippen LogP contribution is 2.93. The molecule has 8 heteroatoms. The summed E-state index contributed by atoms with van der Waals surface area (Å²) in [5.41, 5.74) is 0. The molecule has 0 radical (unpaired) electrons. The van der Waals surface area contributed by atoms with Crippen molar-refractivity contribution in [3.05, 3.63) is 0 Å². The van der Waals surface area contributed by atoms with Gasteiger partial charge >= 0.3 is 0 Å². The smallest absolute Gasteiger partial charge is 0.264 e. The monoisotopic (exact) mass is 348 g/mol. The van der Waals surface area contributed by atoms with Gasteiger partial charge in [0, 0.05) is 0 Å². The summed E-state index contributed by atoms with van der Waals surface area (Å²) in [7, 11) is -6.93. The van der Waals surface area contributed by atoms with Gasteiger partial charge in [-0.15, -0.1) is 0 Å². The summed E-state index contributed by atoms with van der Waals surface area (Å²) < 4.78 is 55.5. The molecule has 2 bridgehead atoms. The molecule has 0 N–H and O–H groups in total. The summed E-state index contributed by atoms with van der Waals surface area (Å²) in [4.78, 5) is 0. The van der Waals surface area contributed by atoms with Gasteiger partial charge in [-0.2, -0.15) is 16.8 Å². The predicted molar refractivity (Wildman–Crippen MR) is 76.5 cm³/mol. The first kappa shape index (κ1) is 14.2. The molecule has 0 aromatic carbocycles. The van der Waals surface area contributed by atoms with Gasteiger partial charge in [-0.05, 0) is 59.2 Å². The minimum atomic E-state index is -3.47. The van der Waals surface area contributed by atoms with E-state index in [1.807, 2.05) is 0 Å². The van der Waals surface area contributed by atoms with Gasteiger partial charge in [-0.1, -0.05) is 0 Å². The van der Waals surface area contributed by atoms with Crippen LogP contribution in [-0.2, 0) is 28.6 Å². The zero-order valence-electron chi connectivity index (χ0n) is 12.5. The van der Waals surface area contributed by atoms with E-state index in [-0.39, 0.29) is 25.0 Å². The molecule has 0 aromatic heterocycles. The van der Waals surface area contributed by atoms with E-state index >= 15 is 0 Å². The molecule has 6 rings (SSSR count). The van der Waals surface area contributed by atoms with Crippen molar-refractivity contribution in [1.29, 1.82) is 0 Å². The van der Waals surface area contributed by atoms with E-state index in [0.717, 1.165) is 48.0 Å². The molecule has 6 nitrogen and oxygen atoms in total. The average molecular weight is 348 g/mol. The molecular weight excluding hydrogens is 328 g/mol. The quantitative estimate of drug-likeness (QED) is 0.636. The Hall–Kier alpha value is -0.180. The van der Waals surface area contributed by atoms with E-state index in [0.29, 0.717) is 11.8 Å². The molecule has 0 aliphatic heterocycles. The van der Waals surface area contributed by atoms with Crippen molar-refractivity contribution in [1.82, 2.24) is 0 Å². The second-order valence-electron chi connectivity index (χ2n) is 7.92. The van der Waals surface area contributed by atoms with Crippen LogP contribution in [0.3, 0.4) is 0 Å². The van der Waals surface area contributed by atoms with Gasteiger partial charge in [-0.3, -0.25) is 8.37 Å². The van der Waals surface area contributed by atoms with Gasteiger partial charge in [0.05, 0.1) is 25.7 Å². The molecule has 4 unspecified atom stereocenters. The van der Waals surface area contributed by atoms with E-state index in [1.165, 1.54) is 0 Å². The van der Waals surface area contributed by atoms with Gasteiger partial charge in [-0.25, -0.2) is 0 Å². The summed E-state index contributed by atoms with van der Waals surface area (Å²) in [5, 5.41) is 0. The third-order valence-corrected chi connectivity index (χ3v) is 8.51. The van der Waals surface area contributed by atoms with Crippen LogP contribution in [0.2, 0.25) is 0 Å². The van der Waals surface area contributed by atoms with Gasteiger partial charge in [0.25, 0.3) is 20.2 Å². The maximum atomic E-state index is 11.3. The predicted octanol–water partition coefficient (Wildman–Crippen LogP) is 0.169. The first-order valence-electron chi connectivity index (χ1n) is 7.88. The zero-order chi connectivity index (χ0) is 15.6. The van der Waals surface area contributed by atoms with Crippen molar-refractivity contribution in [3.8, 4) is 0 Å². The molecule has 6 fully saturated rings. The van der Waals surface area contributed by atoms with Crippen molar-refractivity contribution >= 4 is 20.2 Å². The molecule has 0 heterocycles. The second-order valence-corrected chi connectivity index (χ2v) is 11.2. The largest absolute Gasteiger partial charge is 0.270 e. The molecule has 10 atom stereocenters. The Labute approximate surface area is 130 Å². The summed E-state index contributed by atoms with van der Waals surface area (Å²) in [5.74, 6) is 6.14. The fourth-order valence-electron chi connectivity index (χ4n) is 7.14. The Balaban J connectivity index is 1.38. The van der Waals surface area contributed by atoms with E-state index < -0.39 is 20.2 Å². The molecule has 0 saturated heterocycles. The Bertz CT molecular complexity index is 659. The van der Waals surface area contributed by atoms with Crippen LogP contribution < -0.4 is 0 Å². The van der Waals surface area contributed by atoms with Crippen LogP contribution in [0.1, 0.15) is 0 Å². The lowest BCUT2D eigenvalue weighted by molar-refractivity contribution is -0.487. The Kier molecular flexibility index (Phi) is 2.51. The minimum absolute atomic E-state index is 0.126. The summed E-state index contributed by atoms with van der Waals surface area (Å²) >= 11 is 0. The lowest BCUT2D eigenvalue weighted by Gasteiger charge is -2.95. The van der Waals surface area contributed by atoms with Gasteiger partial charge in [0.1, 0.15) is 0 Å².